The van der Waals surface area contributed by atoms with Gasteiger partial charge < -0.3 is 10.2 Å². The van der Waals surface area contributed by atoms with Gasteiger partial charge in [-0.15, -0.1) is 0 Å². The molecule has 1 N–H and O–H groups in total. The Morgan fingerprint density at radius 3 is 2.05 bits per heavy atom. The largest absolute Gasteiger partial charge is 0.357 e. The maximum atomic E-state index is 14.3. The molecule has 7 nitrogen and oxygen atoms in total. The third-order valence-corrected chi connectivity index (χ3v) is 9.04. The van der Waals surface area contributed by atoms with Crippen molar-refractivity contribution in [2.24, 2.45) is 0 Å². The summed E-state index contributed by atoms with van der Waals surface area (Å²) in [5.74, 6) is -0.876. The molecular weight excluding hydrogens is 570 g/mol. The molecule has 0 aliphatic heterocycles. The van der Waals surface area contributed by atoms with E-state index in [1.165, 1.54) is 24.1 Å². The van der Waals surface area contributed by atoms with Crippen LogP contribution in [0.3, 0.4) is 0 Å². The SMILES string of the molecule is CNC(=O)[C@@H](Cc1ccccc1)N(Cc1ccc(Cl)cc1)C(=O)CN(c1ccc(C)cc1C)S(=O)(=O)c1ccccc1. The molecule has 0 aliphatic carbocycles. The van der Waals surface area contributed by atoms with Gasteiger partial charge in [-0.2, -0.15) is 0 Å². The first-order valence-corrected chi connectivity index (χ1v) is 15.4. The normalized spacial score (nSPS) is 11.9. The van der Waals surface area contributed by atoms with E-state index >= 15 is 0 Å². The lowest BCUT2D eigenvalue weighted by atomic mass is 10.0. The molecule has 1 atom stereocenters. The van der Waals surface area contributed by atoms with Crippen molar-refractivity contribution in [1.82, 2.24) is 10.2 Å². The Morgan fingerprint density at radius 1 is 0.833 bits per heavy atom. The number of benzene rings is 4. The third-order valence-electron chi connectivity index (χ3n) is 7.01. The predicted molar refractivity (Wildman–Crippen MR) is 167 cm³/mol. The van der Waals surface area contributed by atoms with E-state index in [9.17, 15) is 18.0 Å². The Balaban J connectivity index is 1.80. The van der Waals surface area contributed by atoms with E-state index in [1.807, 2.05) is 56.3 Å². The highest BCUT2D eigenvalue weighted by atomic mass is 35.5. The molecular formula is C33H34ClN3O4S. The Bertz CT molecular complexity index is 1630. The number of halogens is 1. The van der Waals surface area contributed by atoms with Gasteiger partial charge in [-0.05, 0) is 60.9 Å². The number of carbonyl (C=O) groups excluding carboxylic acids is 2. The molecule has 4 rings (SSSR count). The van der Waals surface area contributed by atoms with Gasteiger partial charge in [0.15, 0.2) is 0 Å². The van der Waals surface area contributed by atoms with E-state index in [4.69, 9.17) is 11.6 Å². The topological polar surface area (TPSA) is 86.8 Å². The maximum absolute atomic E-state index is 14.3. The number of likely N-dealkylation sites (N-methyl/N-ethyl adjacent to an activating group) is 1. The van der Waals surface area contributed by atoms with Crippen LogP contribution in [0, 0.1) is 13.8 Å². The van der Waals surface area contributed by atoms with Crippen LogP contribution in [-0.4, -0.2) is 44.8 Å². The predicted octanol–water partition coefficient (Wildman–Crippen LogP) is 5.54. The highest BCUT2D eigenvalue weighted by Gasteiger charge is 2.34. The molecule has 2 amide bonds. The maximum Gasteiger partial charge on any atom is 0.264 e. The van der Waals surface area contributed by atoms with E-state index in [1.54, 1.807) is 48.5 Å². The van der Waals surface area contributed by atoms with Crippen molar-refractivity contribution in [2.75, 3.05) is 17.9 Å². The number of nitrogens with one attached hydrogen (secondary N) is 1. The van der Waals surface area contributed by atoms with Gasteiger partial charge in [0.2, 0.25) is 11.8 Å². The van der Waals surface area contributed by atoms with Gasteiger partial charge >= 0.3 is 0 Å². The quantitative estimate of drug-likeness (QED) is 0.244. The molecule has 0 heterocycles. The van der Waals surface area contributed by atoms with Crippen LogP contribution < -0.4 is 9.62 Å². The second kappa shape index (κ2) is 13.7. The van der Waals surface area contributed by atoms with E-state index in [-0.39, 0.29) is 23.8 Å². The molecule has 0 aromatic heterocycles. The summed E-state index contributed by atoms with van der Waals surface area (Å²) >= 11 is 6.11. The van der Waals surface area contributed by atoms with Crippen molar-refractivity contribution in [3.05, 3.63) is 130 Å². The van der Waals surface area contributed by atoms with Crippen molar-refractivity contribution in [1.29, 1.82) is 0 Å². The lowest BCUT2D eigenvalue weighted by Crippen LogP contribution is -2.53. The fourth-order valence-electron chi connectivity index (χ4n) is 4.83. The minimum atomic E-state index is -4.14. The summed E-state index contributed by atoms with van der Waals surface area (Å²) in [5.41, 5.74) is 3.68. The van der Waals surface area contributed by atoms with Crippen LogP contribution in [0.15, 0.2) is 108 Å². The summed E-state index contributed by atoms with van der Waals surface area (Å²) in [6.07, 6.45) is 0.245. The van der Waals surface area contributed by atoms with Gasteiger partial charge in [0.05, 0.1) is 10.6 Å². The monoisotopic (exact) mass is 603 g/mol. The van der Waals surface area contributed by atoms with Gasteiger partial charge in [-0.1, -0.05) is 90.0 Å². The Labute approximate surface area is 252 Å². The van der Waals surface area contributed by atoms with Crippen LogP contribution in [-0.2, 0) is 32.6 Å². The number of amides is 2. The molecule has 4 aromatic carbocycles. The number of nitrogens with zero attached hydrogens (tertiary/aromatic N) is 2. The zero-order chi connectivity index (χ0) is 30.3. The first-order chi connectivity index (χ1) is 20.1. The van der Waals surface area contributed by atoms with Crippen LogP contribution in [0.4, 0.5) is 5.69 Å². The second-order valence-corrected chi connectivity index (χ2v) is 12.4. The Kier molecular flexibility index (Phi) is 10.0. The zero-order valence-electron chi connectivity index (χ0n) is 23.8. The number of carbonyl (C=O) groups is 2. The van der Waals surface area contributed by atoms with Crippen LogP contribution in [0.25, 0.3) is 0 Å². The average molecular weight is 604 g/mol. The number of rotatable bonds is 11. The van der Waals surface area contributed by atoms with Crippen LogP contribution in [0.1, 0.15) is 22.3 Å². The summed E-state index contributed by atoms with van der Waals surface area (Å²) in [4.78, 5) is 29.1. The summed E-state index contributed by atoms with van der Waals surface area (Å²) in [7, 11) is -2.62. The number of anilines is 1. The standard InChI is InChI=1S/C33H34ClN3O4S/c1-24-14-19-30(25(2)20-24)37(42(40,41)29-12-8-5-9-13-29)23-32(38)36(22-27-15-17-28(34)18-16-27)31(33(39)35-3)21-26-10-6-4-7-11-26/h4-20,31H,21-23H2,1-3H3,(H,35,39)/t31-/m1/s1. The van der Waals surface area contributed by atoms with Gasteiger partial charge in [0, 0.05) is 25.0 Å². The lowest BCUT2D eigenvalue weighted by molar-refractivity contribution is -0.139. The summed E-state index contributed by atoms with van der Waals surface area (Å²) in [5, 5.41) is 3.23. The number of hydrogen-bond acceptors (Lipinski definition) is 4. The zero-order valence-corrected chi connectivity index (χ0v) is 25.4. The summed E-state index contributed by atoms with van der Waals surface area (Å²) in [6.45, 7) is 3.31. The average Bonchev–Trinajstić information content (AvgIpc) is 2.99. The Morgan fingerprint density at radius 2 is 1.45 bits per heavy atom. The third kappa shape index (κ3) is 7.38. The molecule has 0 radical (unpaired) electrons. The van der Waals surface area contributed by atoms with Crippen molar-refractivity contribution < 1.29 is 18.0 Å². The first-order valence-electron chi connectivity index (χ1n) is 13.5. The summed E-state index contributed by atoms with van der Waals surface area (Å²) < 4.78 is 29.2. The van der Waals surface area contributed by atoms with E-state index in [0.717, 1.165) is 21.0 Å². The molecule has 0 saturated heterocycles. The van der Waals surface area contributed by atoms with Crippen molar-refractivity contribution in [3.63, 3.8) is 0 Å². The van der Waals surface area contributed by atoms with Gasteiger partial charge in [-0.3, -0.25) is 13.9 Å². The highest BCUT2D eigenvalue weighted by Crippen LogP contribution is 2.28. The van der Waals surface area contributed by atoms with E-state index in [0.29, 0.717) is 16.3 Å². The van der Waals surface area contributed by atoms with Crippen molar-refractivity contribution >= 4 is 39.1 Å². The minimum Gasteiger partial charge on any atom is -0.357 e. The van der Waals surface area contributed by atoms with Crippen LogP contribution in [0.2, 0.25) is 5.02 Å². The van der Waals surface area contributed by atoms with Crippen LogP contribution >= 0.6 is 11.6 Å². The Hall–Kier alpha value is -4.14. The molecule has 9 heteroatoms. The molecule has 0 unspecified atom stereocenters. The first kappa shape index (κ1) is 30.8. The molecule has 0 aliphatic rings. The van der Waals surface area contributed by atoms with Crippen LogP contribution in [0.5, 0.6) is 0 Å². The number of hydrogen-bond donors (Lipinski definition) is 1. The van der Waals surface area contributed by atoms with Gasteiger partial charge in [0.1, 0.15) is 12.6 Å². The van der Waals surface area contributed by atoms with Gasteiger partial charge in [-0.25, -0.2) is 8.42 Å². The molecule has 0 bridgehead atoms. The van der Waals surface area contributed by atoms with Crippen molar-refractivity contribution in [2.45, 2.75) is 37.8 Å². The number of sulfonamides is 1. The molecule has 0 fully saturated rings. The fraction of sp³-hybridized carbons (Fsp3) is 0.212. The molecule has 218 valence electrons. The van der Waals surface area contributed by atoms with E-state index < -0.39 is 28.5 Å². The fourth-order valence-corrected chi connectivity index (χ4v) is 6.45. The summed E-state index contributed by atoms with van der Waals surface area (Å²) in [6, 6.07) is 28.9. The molecule has 0 saturated carbocycles. The molecule has 42 heavy (non-hydrogen) atoms. The van der Waals surface area contributed by atoms with Crippen molar-refractivity contribution in [3.8, 4) is 0 Å². The lowest BCUT2D eigenvalue weighted by Gasteiger charge is -2.34. The molecule has 0 spiro atoms. The van der Waals surface area contributed by atoms with Gasteiger partial charge in [0.25, 0.3) is 10.0 Å². The molecule has 4 aromatic rings. The number of aryl methyl sites for hydroxylation is 2. The smallest absolute Gasteiger partial charge is 0.264 e. The highest BCUT2D eigenvalue weighted by molar-refractivity contribution is 7.92. The second-order valence-electron chi connectivity index (χ2n) is 10.1. The van der Waals surface area contributed by atoms with E-state index in [2.05, 4.69) is 5.32 Å². The minimum absolute atomic E-state index is 0.0640.